The normalized spacial score (nSPS) is 11.3. The van der Waals surface area contributed by atoms with Gasteiger partial charge in [-0.1, -0.05) is 18.2 Å². The van der Waals surface area contributed by atoms with Crippen LogP contribution in [0.5, 0.6) is 5.75 Å². The van der Waals surface area contributed by atoms with E-state index in [0.717, 1.165) is 27.2 Å². The Labute approximate surface area is 162 Å². The second-order valence-electron chi connectivity index (χ2n) is 6.68. The third kappa shape index (κ3) is 4.46. The van der Waals surface area contributed by atoms with E-state index in [4.69, 9.17) is 9.15 Å². The summed E-state index contributed by atoms with van der Waals surface area (Å²) < 4.78 is 11.0. The highest BCUT2D eigenvalue weighted by Crippen LogP contribution is 2.36. The Morgan fingerprint density at radius 1 is 1.15 bits per heavy atom. The van der Waals surface area contributed by atoms with E-state index in [1.807, 2.05) is 44.4 Å². The van der Waals surface area contributed by atoms with Crippen LogP contribution in [-0.2, 0) is 28.2 Å². The van der Waals surface area contributed by atoms with Gasteiger partial charge in [-0.05, 0) is 24.3 Å². The van der Waals surface area contributed by atoms with Crippen molar-refractivity contribution < 1.29 is 24.0 Å². The van der Waals surface area contributed by atoms with Crippen molar-refractivity contribution in [3.63, 3.8) is 0 Å². The van der Waals surface area contributed by atoms with E-state index in [9.17, 15) is 9.90 Å². The molecule has 2 aromatic carbocycles. The largest absolute Gasteiger partial charge is 0.507 e. The first-order chi connectivity index (χ1) is 13.0. The Hall–Kier alpha value is -2.44. The third-order valence-electron chi connectivity index (χ3n) is 4.31. The molecule has 1 heterocycles. The lowest BCUT2D eigenvalue weighted by atomic mass is 10.0. The number of esters is 1. The molecule has 6 heteroatoms. The Kier molecular flexibility index (Phi) is 6.08. The Balaban J connectivity index is 2.06. The van der Waals surface area contributed by atoms with Gasteiger partial charge in [-0.3, -0.25) is 4.79 Å². The van der Waals surface area contributed by atoms with E-state index in [-0.39, 0.29) is 18.1 Å². The monoisotopic (exact) mass is 386 g/mol. The summed E-state index contributed by atoms with van der Waals surface area (Å²) >= 11 is 1.65. The minimum atomic E-state index is -0.324. The number of phenolic OH excluding ortho intramolecular Hbond substituents is 1. The molecule has 3 aromatic rings. The van der Waals surface area contributed by atoms with Crippen molar-refractivity contribution in [2.24, 2.45) is 0 Å². The first-order valence-electron chi connectivity index (χ1n) is 8.78. The van der Waals surface area contributed by atoms with Gasteiger partial charge in [0.1, 0.15) is 23.6 Å². The molecule has 1 aromatic heterocycles. The van der Waals surface area contributed by atoms with E-state index in [2.05, 4.69) is 0 Å². The van der Waals surface area contributed by atoms with Gasteiger partial charge in [-0.25, -0.2) is 0 Å². The fraction of sp³-hybridized carbons (Fsp3) is 0.286. The van der Waals surface area contributed by atoms with E-state index in [1.165, 1.54) is 12.0 Å². The van der Waals surface area contributed by atoms with Crippen molar-refractivity contribution in [3.8, 4) is 5.75 Å². The topological polar surface area (TPSA) is 64.1 Å². The quantitative estimate of drug-likeness (QED) is 0.483. The fourth-order valence-corrected chi connectivity index (χ4v) is 3.96. The van der Waals surface area contributed by atoms with Gasteiger partial charge in [0, 0.05) is 15.8 Å². The van der Waals surface area contributed by atoms with Gasteiger partial charge in [-0.2, -0.15) is 0 Å². The number of quaternary nitrogens is 1. The van der Waals surface area contributed by atoms with Crippen LogP contribution < -0.4 is 4.90 Å². The van der Waals surface area contributed by atoms with Gasteiger partial charge in [-0.15, -0.1) is 11.8 Å². The number of furan rings is 1. The molecule has 0 aliphatic carbocycles. The number of hydrogen-bond acceptors (Lipinski definition) is 5. The molecule has 0 bridgehead atoms. The van der Waals surface area contributed by atoms with Crippen molar-refractivity contribution in [3.05, 3.63) is 59.4 Å². The van der Waals surface area contributed by atoms with Gasteiger partial charge < -0.3 is 19.2 Å². The first kappa shape index (κ1) is 19.3. The van der Waals surface area contributed by atoms with Gasteiger partial charge in [0.15, 0.2) is 0 Å². The molecule has 3 rings (SSSR count). The fourth-order valence-electron chi connectivity index (χ4n) is 3.08. The molecule has 0 radical (unpaired) electrons. The lowest BCUT2D eigenvalue weighted by molar-refractivity contribution is -0.872. The first-order valence-corrected chi connectivity index (χ1v) is 9.77. The van der Waals surface area contributed by atoms with Crippen molar-refractivity contribution in [2.75, 3.05) is 21.2 Å². The van der Waals surface area contributed by atoms with Gasteiger partial charge >= 0.3 is 5.97 Å². The molecule has 142 valence electrons. The second kappa shape index (κ2) is 8.50. The number of ether oxygens (including phenoxy) is 1. The van der Waals surface area contributed by atoms with Gasteiger partial charge in [0.25, 0.3) is 0 Å². The molecule has 0 aliphatic heterocycles. The number of carbonyl (C=O) groups excluding carboxylic acids is 1. The van der Waals surface area contributed by atoms with E-state index >= 15 is 0 Å². The molecule has 5 nitrogen and oxygen atoms in total. The standard InChI is InChI=1S/C21H23NO4S/c1-22(2)12-16-17(23)9-10-18-21(16)15(11-20(24)25-3)19(26-18)13-27-14-7-5-4-6-8-14/h4-10,23H,11-13H2,1-3H3/p+1. The molecule has 27 heavy (non-hydrogen) atoms. The Morgan fingerprint density at radius 2 is 1.89 bits per heavy atom. The highest BCUT2D eigenvalue weighted by atomic mass is 32.2. The molecule has 0 spiro atoms. The van der Waals surface area contributed by atoms with Gasteiger partial charge in [0.05, 0.1) is 38.9 Å². The van der Waals surface area contributed by atoms with Crippen LogP contribution in [0.1, 0.15) is 16.9 Å². The maximum absolute atomic E-state index is 12.0. The van der Waals surface area contributed by atoms with E-state index < -0.39 is 0 Å². The average molecular weight is 386 g/mol. The molecule has 0 atom stereocenters. The Morgan fingerprint density at radius 3 is 2.56 bits per heavy atom. The highest BCUT2D eigenvalue weighted by Gasteiger charge is 2.23. The Bertz CT molecular complexity index is 934. The number of fused-ring (bicyclic) bond motifs is 1. The number of phenols is 1. The maximum atomic E-state index is 12.0. The van der Waals surface area contributed by atoms with Gasteiger partial charge in [0.2, 0.25) is 0 Å². The second-order valence-corrected chi connectivity index (χ2v) is 7.73. The molecular weight excluding hydrogens is 362 g/mol. The van der Waals surface area contributed by atoms with Crippen LogP contribution in [0.15, 0.2) is 51.8 Å². The van der Waals surface area contributed by atoms with Crippen molar-refractivity contribution >= 4 is 28.7 Å². The summed E-state index contributed by atoms with van der Waals surface area (Å²) in [4.78, 5) is 14.3. The minimum Gasteiger partial charge on any atom is -0.507 e. The summed E-state index contributed by atoms with van der Waals surface area (Å²) in [5, 5.41) is 11.2. The number of rotatable bonds is 7. The zero-order valence-electron chi connectivity index (χ0n) is 15.7. The molecule has 0 fully saturated rings. The highest BCUT2D eigenvalue weighted by molar-refractivity contribution is 7.98. The zero-order valence-corrected chi connectivity index (χ0v) is 16.6. The summed E-state index contributed by atoms with van der Waals surface area (Å²) in [7, 11) is 5.42. The molecule has 0 saturated carbocycles. The lowest BCUT2D eigenvalue weighted by Gasteiger charge is -2.11. The van der Waals surface area contributed by atoms with Crippen molar-refractivity contribution in [2.45, 2.75) is 23.6 Å². The SMILES string of the molecule is COC(=O)Cc1c(CSc2ccccc2)oc2ccc(O)c(C[NH+](C)C)c12. The summed E-state index contributed by atoms with van der Waals surface area (Å²) in [5.74, 6) is 1.23. The third-order valence-corrected chi connectivity index (χ3v) is 5.33. The molecule has 0 amide bonds. The van der Waals surface area contributed by atoms with Crippen LogP contribution in [0.2, 0.25) is 0 Å². The number of benzene rings is 2. The predicted octanol–water partition coefficient (Wildman–Crippen LogP) is 2.79. The van der Waals surface area contributed by atoms with E-state index in [1.54, 1.807) is 23.9 Å². The van der Waals surface area contributed by atoms with Crippen LogP contribution >= 0.6 is 11.8 Å². The molecule has 0 unspecified atom stereocenters. The van der Waals surface area contributed by atoms with Crippen LogP contribution in [0.4, 0.5) is 0 Å². The lowest BCUT2D eigenvalue weighted by Crippen LogP contribution is -3.04. The van der Waals surface area contributed by atoms with Crippen molar-refractivity contribution in [1.82, 2.24) is 0 Å². The average Bonchev–Trinajstić information content (AvgIpc) is 3.00. The number of carbonyl (C=O) groups is 1. The number of thioether (sulfide) groups is 1. The molecule has 0 aliphatic rings. The summed E-state index contributed by atoms with van der Waals surface area (Å²) in [6.45, 7) is 0.627. The van der Waals surface area contributed by atoms with E-state index in [0.29, 0.717) is 17.9 Å². The molecule has 2 N–H and O–H groups in total. The zero-order chi connectivity index (χ0) is 19.4. The summed E-state index contributed by atoms with van der Waals surface area (Å²) in [6.07, 6.45) is 0.118. The molecule has 0 saturated heterocycles. The van der Waals surface area contributed by atoms with Crippen LogP contribution in [0, 0.1) is 0 Å². The molecular formula is C21H24NO4S+. The van der Waals surface area contributed by atoms with Crippen LogP contribution in [0.3, 0.4) is 0 Å². The predicted molar refractivity (Wildman–Crippen MR) is 106 cm³/mol. The maximum Gasteiger partial charge on any atom is 0.310 e. The minimum absolute atomic E-state index is 0.118. The number of aromatic hydroxyl groups is 1. The summed E-state index contributed by atoms with van der Waals surface area (Å²) in [5.41, 5.74) is 2.28. The van der Waals surface area contributed by atoms with Crippen LogP contribution in [-0.4, -0.2) is 32.3 Å². The van der Waals surface area contributed by atoms with Crippen molar-refractivity contribution in [1.29, 1.82) is 0 Å². The smallest absolute Gasteiger partial charge is 0.310 e. The number of methoxy groups -OCH3 is 1. The number of hydrogen-bond donors (Lipinski definition) is 2. The number of nitrogens with one attached hydrogen (secondary N) is 1. The van der Waals surface area contributed by atoms with Crippen LogP contribution in [0.25, 0.3) is 11.0 Å². The summed E-state index contributed by atoms with van der Waals surface area (Å²) in [6, 6.07) is 13.5.